The fourth-order valence-electron chi connectivity index (χ4n) is 2.44. The predicted octanol–water partition coefficient (Wildman–Crippen LogP) is 3.86. The fraction of sp³-hybridized carbons (Fsp3) is 0.333. The average molecular weight is 269 g/mol. The summed E-state index contributed by atoms with van der Waals surface area (Å²) in [6.45, 7) is 6.34. The maximum atomic E-state index is 6.38. The number of hydrogen-bond acceptors (Lipinski definition) is 2. The Hall–Kier alpha value is -1.80. The summed E-state index contributed by atoms with van der Waals surface area (Å²) in [6, 6.07) is 12.6. The standard InChI is InChI=1S/C18H23NO/c1-12-5-8-18(20-4)16(9-12)17(19)11-15-7-6-13(2)14(3)10-15/h5-10,17H,11,19H2,1-4H3. The topological polar surface area (TPSA) is 35.2 Å². The van der Waals surface area contributed by atoms with Gasteiger partial charge in [-0.15, -0.1) is 0 Å². The van der Waals surface area contributed by atoms with E-state index in [0.29, 0.717) is 0 Å². The van der Waals surface area contributed by atoms with E-state index in [1.54, 1.807) is 7.11 Å². The molecule has 0 fully saturated rings. The van der Waals surface area contributed by atoms with E-state index < -0.39 is 0 Å². The molecule has 0 saturated heterocycles. The zero-order valence-corrected chi connectivity index (χ0v) is 12.7. The summed E-state index contributed by atoms with van der Waals surface area (Å²) < 4.78 is 5.42. The summed E-state index contributed by atoms with van der Waals surface area (Å²) in [7, 11) is 1.69. The van der Waals surface area contributed by atoms with Gasteiger partial charge in [-0.1, -0.05) is 35.9 Å². The van der Waals surface area contributed by atoms with Crippen molar-refractivity contribution >= 4 is 0 Å². The van der Waals surface area contributed by atoms with Crippen LogP contribution in [0, 0.1) is 20.8 Å². The van der Waals surface area contributed by atoms with Crippen molar-refractivity contribution in [3.05, 3.63) is 64.2 Å². The summed E-state index contributed by atoms with van der Waals surface area (Å²) in [5, 5.41) is 0. The van der Waals surface area contributed by atoms with Crippen molar-refractivity contribution in [1.29, 1.82) is 0 Å². The van der Waals surface area contributed by atoms with Crippen LogP contribution >= 0.6 is 0 Å². The summed E-state index contributed by atoms with van der Waals surface area (Å²) in [5.41, 5.74) is 12.6. The molecule has 0 saturated carbocycles. The lowest BCUT2D eigenvalue weighted by atomic mass is 9.95. The number of hydrogen-bond donors (Lipinski definition) is 1. The lowest BCUT2D eigenvalue weighted by Gasteiger charge is -2.17. The SMILES string of the molecule is COc1ccc(C)cc1C(N)Cc1ccc(C)c(C)c1. The van der Waals surface area contributed by atoms with Crippen LogP contribution in [0.1, 0.15) is 33.9 Å². The van der Waals surface area contributed by atoms with Crippen LogP contribution in [0.5, 0.6) is 5.75 Å². The van der Waals surface area contributed by atoms with Crippen LogP contribution in [0.2, 0.25) is 0 Å². The highest BCUT2D eigenvalue weighted by Crippen LogP contribution is 2.27. The number of ether oxygens (including phenoxy) is 1. The van der Waals surface area contributed by atoms with Crippen molar-refractivity contribution < 1.29 is 4.74 Å². The van der Waals surface area contributed by atoms with Gasteiger partial charge in [-0.05, 0) is 49.9 Å². The summed E-state index contributed by atoms with van der Waals surface area (Å²) in [4.78, 5) is 0. The molecule has 2 heteroatoms. The van der Waals surface area contributed by atoms with Crippen LogP contribution < -0.4 is 10.5 Å². The van der Waals surface area contributed by atoms with Crippen molar-refractivity contribution in [3.8, 4) is 5.75 Å². The van der Waals surface area contributed by atoms with Crippen LogP contribution in [-0.4, -0.2) is 7.11 Å². The van der Waals surface area contributed by atoms with E-state index >= 15 is 0 Å². The Bertz CT molecular complexity index is 604. The van der Waals surface area contributed by atoms with Crippen molar-refractivity contribution in [1.82, 2.24) is 0 Å². The molecule has 20 heavy (non-hydrogen) atoms. The number of methoxy groups -OCH3 is 1. The molecule has 0 aliphatic heterocycles. The number of nitrogens with two attached hydrogens (primary N) is 1. The Kier molecular flexibility index (Phi) is 4.46. The Morgan fingerprint density at radius 1 is 1.00 bits per heavy atom. The second-order valence-corrected chi connectivity index (χ2v) is 5.47. The first kappa shape index (κ1) is 14.6. The second-order valence-electron chi connectivity index (χ2n) is 5.47. The van der Waals surface area contributed by atoms with Gasteiger partial charge in [-0.2, -0.15) is 0 Å². The minimum atomic E-state index is -0.0491. The van der Waals surface area contributed by atoms with Crippen molar-refractivity contribution in [2.75, 3.05) is 7.11 Å². The molecule has 2 N–H and O–H groups in total. The van der Waals surface area contributed by atoms with Crippen molar-refractivity contribution in [3.63, 3.8) is 0 Å². The summed E-state index contributed by atoms with van der Waals surface area (Å²) in [6.07, 6.45) is 0.820. The van der Waals surface area contributed by atoms with Gasteiger partial charge in [-0.25, -0.2) is 0 Å². The molecule has 1 atom stereocenters. The molecule has 0 aromatic heterocycles. The zero-order valence-electron chi connectivity index (χ0n) is 12.7. The van der Waals surface area contributed by atoms with Gasteiger partial charge in [0.15, 0.2) is 0 Å². The van der Waals surface area contributed by atoms with Gasteiger partial charge in [-0.3, -0.25) is 0 Å². The predicted molar refractivity (Wildman–Crippen MR) is 84.3 cm³/mol. The van der Waals surface area contributed by atoms with Gasteiger partial charge in [0.05, 0.1) is 7.11 Å². The molecule has 2 rings (SSSR count). The normalized spacial score (nSPS) is 12.2. The van der Waals surface area contributed by atoms with E-state index in [4.69, 9.17) is 10.5 Å². The van der Waals surface area contributed by atoms with E-state index in [1.807, 2.05) is 12.1 Å². The number of rotatable bonds is 4. The van der Waals surface area contributed by atoms with E-state index in [-0.39, 0.29) is 6.04 Å². The Labute approximate surface area is 121 Å². The fourth-order valence-corrected chi connectivity index (χ4v) is 2.44. The van der Waals surface area contributed by atoms with E-state index in [9.17, 15) is 0 Å². The van der Waals surface area contributed by atoms with E-state index in [0.717, 1.165) is 17.7 Å². The molecule has 106 valence electrons. The van der Waals surface area contributed by atoms with Gasteiger partial charge in [0.1, 0.15) is 5.75 Å². The minimum absolute atomic E-state index is 0.0491. The first-order valence-corrected chi connectivity index (χ1v) is 6.97. The number of aryl methyl sites for hydroxylation is 3. The first-order valence-electron chi connectivity index (χ1n) is 6.97. The minimum Gasteiger partial charge on any atom is -0.496 e. The van der Waals surface area contributed by atoms with Crippen molar-refractivity contribution in [2.24, 2.45) is 5.73 Å². The van der Waals surface area contributed by atoms with Gasteiger partial charge in [0.25, 0.3) is 0 Å². The smallest absolute Gasteiger partial charge is 0.123 e. The molecule has 0 aliphatic rings. The highest BCUT2D eigenvalue weighted by atomic mass is 16.5. The Morgan fingerprint density at radius 2 is 1.75 bits per heavy atom. The molecule has 0 radical (unpaired) electrons. The van der Waals surface area contributed by atoms with Gasteiger partial charge < -0.3 is 10.5 Å². The quantitative estimate of drug-likeness (QED) is 0.914. The molecule has 0 amide bonds. The first-order chi connectivity index (χ1) is 9.51. The third-order valence-corrected chi connectivity index (χ3v) is 3.81. The van der Waals surface area contributed by atoms with Crippen LogP contribution in [0.3, 0.4) is 0 Å². The molecular weight excluding hydrogens is 246 g/mol. The lowest BCUT2D eigenvalue weighted by Crippen LogP contribution is -2.15. The molecule has 0 aliphatic carbocycles. The summed E-state index contributed by atoms with van der Waals surface area (Å²) >= 11 is 0. The van der Waals surface area contributed by atoms with Gasteiger partial charge >= 0.3 is 0 Å². The van der Waals surface area contributed by atoms with Crippen LogP contribution in [0.25, 0.3) is 0 Å². The van der Waals surface area contributed by atoms with Crippen LogP contribution in [0.4, 0.5) is 0 Å². The van der Waals surface area contributed by atoms with Crippen LogP contribution in [0.15, 0.2) is 36.4 Å². The molecule has 0 heterocycles. The molecule has 1 unspecified atom stereocenters. The molecule has 2 aromatic rings. The lowest BCUT2D eigenvalue weighted by molar-refractivity contribution is 0.405. The monoisotopic (exact) mass is 269 g/mol. The highest BCUT2D eigenvalue weighted by molar-refractivity contribution is 5.40. The number of benzene rings is 2. The highest BCUT2D eigenvalue weighted by Gasteiger charge is 2.13. The molecule has 0 spiro atoms. The average Bonchev–Trinajstić information content (AvgIpc) is 2.43. The van der Waals surface area contributed by atoms with E-state index in [2.05, 4.69) is 45.0 Å². The Morgan fingerprint density at radius 3 is 2.40 bits per heavy atom. The maximum absolute atomic E-state index is 6.38. The Balaban J connectivity index is 2.25. The second kappa shape index (κ2) is 6.10. The van der Waals surface area contributed by atoms with Crippen LogP contribution in [-0.2, 0) is 6.42 Å². The van der Waals surface area contributed by atoms with Gasteiger partial charge in [0, 0.05) is 11.6 Å². The molecular formula is C18H23NO. The van der Waals surface area contributed by atoms with Crippen molar-refractivity contribution in [2.45, 2.75) is 33.2 Å². The maximum Gasteiger partial charge on any atom is 0.123 e. The third kappa shape index (κ3) is 3.20. The van der Waals surface area contributed by atoms with Gasteiger partial charge in [0.2, 0.25) is 0 Å². The molecule has 2 nitrogen and oxygen atoms in total. The molecule has 0 bridgehead atoms. The molecule has 2 aromatic carbocycles. The largest absolute Gasteiger partial charge is 0.496 e. The van der Waals surface area contributed by atoms with E-state index in [1.165, 1.54) is 22.3 Å². The zero-order chi connectivity index (χ0) is 14.7. The third-order valence-electron chi connectivity index (χ3n) is 3.81. The summed E-state index contributed by atoms with van der Waals surface area (Å²) in [5.74, 6) is 0.868.